The number of guanidine groups is 1. The van der Waals surface area contributed by atoms with Crippen molar-refractivity contribution in [1.29, 1.82) is 0 Å². The van der Waals surface area contributed by atoms with Crippen molar-refractivity contribution in [2.75, 3.05) is 7.05 Å². The first kappa shape index (κ1) is 26.1. The van der Waals surface area contributed by atoms with Gasteiger partial charge in [0.05, 0.1) is 23.9 Å². The molecule has 1 heterocycles. The molecule has 168 valence electrons. The van der Waals surface area contributed by atoms with E-state index < -0.39 is 11.7 Å². The average molecular weight is 540 g/mol. The quantitative estimate of drug-likeness (QED) is 0.291. The van der Waals surface area contributed by atoms with Gasteiger partial charge in [0, 0.05) is 19.7 Å². The summed E-state index contributed by atoms with van der Waals surface area (Å²) in [6.07, 6.45) is -4.70. The monoisotopic (exact) mass is 540 g/mol. The standard InChI is InChI=1S/C20H27F3N4O2.HI/c1-12(2)18-9-16(29-27-18)11-26-19(24-5)25-10-14-6-7-15(28-13(3)4)8-17(14)20(21,22)23;/h6-9,12-13H,10-11H2,1-5H3,(H2,24,25,26);1H. The Morgan fingerprint density at radius 1 is 1.13 bits per heavy atom. The highest BCUT2D eigenvalue weighted by atomic mass is 127. The van der Waals surface area contributed by atoms with Crippen molar-refractivity contribution in [3.8, 4) is 5.75 Å². The van der Waals surface area contributed by atoms with Crippen molar-refractivity contribution in [2.24, 2.45) is 4.99 Å². The van der Waals surface area contributed by atoms with E-state index in [4.69, 9.17) is 9.26 Å². The molecule has 0 bridgehead atoms. The number of hydrogen-bond donors (Lipinski definition) is 2. The maximum Gasteiger partial charge on any atom is 0.416 e. The van der Waals surface area contributed by atoms with Crippen LogP contribution < -0.4 is 15.4 Å². The number of nitrogens with zero attached hydrogens (tertiary/aromatic N) is 2. The second-order valence-electron chi connectivity index (χ2n) is 7.14. The Morgan fingerprint density at radius 3 is 2.33 bits per heavy atom. The topological polar surface area (TPSA) is 71.7 Å². The summed E-state index contributed by atoms with van der Waals surface area (Å²) in [6, 6.07) is 5.80. The van der Waals surface area contributed by atoms with E-state index in [2.05, 4.69) is 20.8 Å². The SMILES string of the molecule is CN=C(NCc1cc(C(C)C)no1)NCc1ccc(OC(C)C)cc1C(F)(F)F.I. The smallest absolute Gasteiger partial charge is 0.416 e. The fraction of sp³-hybridized carbons (Fsp3) is 0.500. The first-order valence-corrected chi connectivity index (χ1v) is 9.37. The maximum absolute atomic E-state index is 13.5. The number of benzene rings is 1. The molecule has 0 radical (unpaired) electrons. The van der Waals surface area contributed by atoms with E-state index in [1.165, 1.54) is 12.1 Å². The zero-order chi connectivity index (χ0) is 21.6. The van der Waals surface area contributed by atoms with E-state index in [0.29, 0.717) is 18.3 Å². The van der Waals surface area contributed by atoms with Crippen LogP contribution in [0.15, 0.2) is 33.8 Å². The van der Waals surface area contributed by atoms with Crippen LogP contribution in [0.3, 0.4) is 0 Å². The number of aliphatic imine (C=N–C) groups is 1. The highest BCUT2D eigenvalue weighted by Crippen LogP contribution is 2.34. The number of alkyl halides is 3. The van der Waals surface area contributed by atoms with Crippen LogP contribution in [0, 0.1) is 0 Å². The molecule has 0 aliphatic carbocycles. The van der Waals surface area contributed by atoms with E-state index >= 15 is 0 Å². The summed E-state index contributed by atoms with van der Waals surface area (Å²) in [5.74, 6) is 1.39. The highest BCUT2D eigenvalue weighted by molar-refractivity contribution is 14.0. The largest absolute Gasteiger partial charge is 0.491 e. The van der Waals surface area contributed by atoms with Gasteiger partial charge >= 0.3 is 6.18 Å². The molecule has 30 heavy (non-hydrogen) atoms. The van der Waals surface area contributed by atoms with E-state index in [1.807, 2.05) is 19.9 Å². The second-order valence-corrected chi connectivity index (χ2v) is 7.14. The van der Waals surface area contributed by atoms with Gasteiger partial charge in [-0.1, -0.05) is 25.1 Å². The van der Waals surface area contributed by atoms with Crippen LogP contribution in [0.1, 0.15) is 56.2 Å². The zero-order valence-corrected chi connectivity index (χ0v) is 20.0. The molecule has 0 amide bonds. The number of aromatic nitrogens is 1. The van der Waals surface area contributed by atoms with Crippen LogP contribution in [0.5, 0.6) is 5.75 Å². The van der Waals surface area contributed by atoms with Gasteiger partial charge in [0.15, 0.2) is 11.7 Å². The predicted molar refractivity (Wildman–Crippen MR) is 120 cm³/mol. The summed E-state index contributed by atoms with van der Waals surface area (Å²) in [7, 11) is 1.54. The minimum atomic E-state index is -4.49. The Labute approximate surface area is 191 Å². The van der Waals surface area contributed by atoms with E-state index in [0.717, 1.165) is 11.8 Å². The van der Waals surface area contributed by atoms with Crippen molar-refractivity contribution in [2.45, 2.75) is 59.0 Å². The van der Waals surface area contributed by atoms with Gasteiger partial charge in [0.25, 0.3) is 0 Å². The lowest BCUT2D eigenvalue weighted by molar-refractivity contribution is -0.138. The molecule has 1 aromatic heterocycles. The van der Waals surface area contributed by atoms with Crippen LogP contribution in [0.25, 0.3) is 0 Å². The first-order valence-electron chi connectivity index (χ1n) is 9.37. The summed E-state index contributed by atoms with van der Waals surface area (Å²) in [6.45, 7) is 7.79. The Kier molecular flexibility index (Phi) is 9.92. The molecule has 2 aromatic rings. The molecule has 0 saturated heterocycles. The number of nitrogens with one attached hydrogen (secondary N) is 2. The third-order valence-corrected chi connectivity index (χ3v) is 4.03. The van der Waals surface area contributed by atoms with Crippen molar-refractivity contribution in [3.05, 3.63) is 46.8 Å². The van der Waals surface area contributed by atoms with Crippen LogP contribution in [0.4, 0.5) is 13.2 Å². The molecule has 0 saturated carbocycles. The number of rotatable bonds is 7. The van der Waals surface area contributed by atoms with Crippen molar-refractivity contribution < 1.29 is 22.4 Å². The molecule has 0 spiro atoms. The highest BCUT2D eigenvalue weighted by Gasteiger charge is 2.33. The van der Waals surface area contributed by atoms with E-state index in [-0.39, 0.29) is 53.9 Å². The van der Waals surface area contributed by atoms with Gasteiger partial charge in [-0.2, -0.15) is 13.2 Å². The summed E-state index contributed by atoms with van der Waals surface area (Å²) in [5, 5.41) is 9.87. The molecule has 0 fully saturated rings. The van der Waals surface area contributed by atoms with Crippen molar-refractivity contribution in [3.63, 3.8) is 0 Å². The van der Waals surface area contributed by atoms with Crippen LogP contribution in [-0.4, -0.2) is 24.3 Å². The predicted octanol–water partition coefficient (Wildman–Crippen LogP) is 5.09. The Morgan fingerprint density at radius 2 is 1.80 bits per heavy atom. The van der Waals surface area contributed by atoms with Gasteiger partial charge < -0.3 is 19.9 Å². The molecule has 1 aromatic carbocycles. The fourth-order valence-electron chi connectivity index (χ4n) is 2.57. The van der Waals surface area contributed by atoms with Gasteiger partial charge in [-0.15, -0.1) is 24.0 Å². The van der Waals surface area contributed by atoms with E-state index in [9.17, 15) is 13.2 Å². The van der Waals surface area contributed by atoms with Crippen LogP contribution in [0.2, 0.25) is 0 Å². The Balaban J connectivity index is 0.00000450. The van der Waals surface area contributed by atoms with Gasteiger partial charge in [-0.3, -0.25) is 4.99 Å². The lowest BCUT2D eigenvalue weighted by atomic mass is 10.1. The summed E-state index contributed by atoms with van der Waals surface area (Å²) >= 11 is 0. The van der Waals surface area contributed by atoms with Crippen LogP contribution in [-0.2, 0) is 19.3 Å². The molecule has 6 nitrogen and oxygen atoms in total. The summed E-state index contributed by atoms with van der Waals surface area (Å²) in [4.78, 5) is 4.04. The molecule has 0 unspecified atom stereocenters. The summed E-state index contributed by atoms with van der Waals surface area (Å²) < 4.78 is 51.0. The maximum atomic E-state index is 13.5. The third-order valence-electron chi connectivity index (χ3n) is 4.03. The van der Waals surface area contributed by atoms with Crippen molar-refractivity contribution in [1.82, 2.24) is 15.8 Å². The van der Waals surface area contributed by atoms with Gasteiger partial charge in [-0.25, -0.2) is 0 Å². The molecule has 0 aliphatic heterocycles. The Bertz CT molecular complexity index is 836. The second kappa shape index (κ2) is 11.4. The third kappa shape index (κ3) is 7.69. The molecule has 0 atom stereocenters. The minimum absolute atomic E-state index is 0. The summed E-state index contributed by atoms with van der Waals surface area (Å²) in [5.41, 5.74) is 0.192. The lowest BCUT2D eigenvalue weighted by Crippen LogP contribution is -2.36. The molecular formula is C20H28F3IN4O2. The van der Waals surface area contributed by atoms with E-state index in [1.54, 1.807) is 20.9 Å². The normalized spacial score (nSPS) is 12.1. The first-order chi connectivity index (χ1) is 13.6. The molecule has 2 N–H and O–H groups in total. The van der Waals surface area contributed by atoms with Crippen LogP contribution >= 0.6 is 24.0 Å². The lowest BCUT2D eigenvalue weighted by Gasteiger charge is -2.18. The average Bonchev–Trinajstić information content (AvgIpc) is 3.10. The molecular weight excluding hydrogens is 512 g/mol. The van der Waals surface area contributed by atoms with Gasteiger partial charge in [0.1, 0.15) is 5.75 Å². The zero-order valence-electron chi connectivity index (χ0n) is 17.6. The van der Waals surface area contributed by atoms with Crippen molar-refractivity contribution >= 4 is 29.9 Å². The fourth-order valence-corrected chi connectivity index (χ4v) is 2.57. The number of hydrogen-bond acceptors (Lipinski definition) is 4. The number of halogens is 4. The van der Waals surface area contributed by atoms with Gasteiger partial charge in [-0.05, 0) is 37.5 Å². The molecule has 0 aliphatic rings. The Hall–Kier alpha value is -1.98. The minimum Gasteiger partial charge on any atom is -0.491 e. The number of ether oxygens (including phenoxy) is 1. The molecule has 10 heteroatoms. The molecule has 2 rings (SSSR count). The van der Waals surface area contributed by atoms with Gasteiger partial charge in [0.2, 0.25) is 0 Å².